The zero-order chi connectivity index (χ0) is 22.5. The van der Waals surface area contributed by atoms with Crippen LogP contribution < -0.4 is 21.7 Å². The molecule has 0 aliphatic heterocycles. The monoisotopic (exact) mass is 447 g/mol. The van der Waals surface area contributed by atoms with E-state index in [4.69, 9.17) is 21.6 Å². The molecule has 1 aromatic heterocycles. The number of nitrogens with zero attached hydrogens (tertiary/aromatic N) is 2. The quantitative estimate of drug-likeness (QED) is 0.179. The molecular formula is C19H20BClFN5O4. The number of nitrogens with one attached hydrogen (secondary N) is 3. The lowest BCUT2D eigenvalue weighted by Gasteiger charge is -2.15. The smallest absolute Gasteiger partial charge is 0.277 e. The Labute approximate surface area is 182 Å². The molecule has 2 aromatic carbocycles. The second kappa shape index (κ2) is 9.77. The van der Waals surface area contributed by atoms with E-state index in [1.165, 1.54) is 17.9 Å². The standard InChI is InChI=1S/C19H20BClFN5O4/c1-27-9-23-18-14(27)8-11(19(29)26-31-6-2-3-15(28)25-30)17(16(18)22)24-13-5-4-10(20)7-12(13)21/h4-5,7-9,24,30H,2-3,6,20H2,1H3,(H,25,28)(H,26,29). The first-order chi connectivity index (χ1) is 14.8. The molecule has 0 fully saturated rings. The lowest BCUT2D eigenvalue weighted by molar-refractivity contribution is -0.129. The van der Waals surface area contributed by atoms with E-state index in [1.807, 2.05) is 7.85 Å². The summed E-state index contributed by atoms with van der Waals surface area (Å²) in [5.41, 5.74) is 5.50. The highest BCUT2D eigenvalue weighted by atomic mass is 35.5. The van der Waals surface area contributed by atoms with Crippen LogP contribution in [0.25, 0.3) is 11.0 Å². The van der Waals surface area contributed by atoms with E-state index in [0.29, 0.717) is 16.2 Å². The van der Waals surface area contributed by atoms with Crippen molar-refractivity contribution in [2.75, 3.05) is 11.9 Å². The zero-order valence-corrected chi connectivity index (χ0v) is 17.6. The van der Waals surface area contributed by atoms with Crippen LogP contribution in [0, 0.1) is 5.82 Å². The summed E-state index contributed by atoms with van der Waals surface area (Å²) in [5, 5.41) is 11.7. The number of benzene rings is 2. The first-order valence-electron chi connectivity index (χ1n) is 9.33. The number of hydrogen-bond acceptors (Lipinski definition) is 6. The van der Waals surface area contributed by atoms with Gasteiger partial charge in [0.2, 0.25) is 5.91 Å². The van der Waals surface area contributed by atoms with Crippen LogP contribution >= 0.6 is 11.6 Å². The maximum absolute atomic E-state index is 15.3. The van der Waals surface area contributed by atoms with Crippen LogP contribution in [0.2, 0.25) is 5.02 Å². The van der Waals surface area contributed by atoms with Crippen LogP contribution in [0.3, 0.4) is 0 Å². The van der Waals surface area contributed by atoms with Crippen molar-refractivity contribution in [3.63, 3.8) is 0 Å². The Kier molecular flexibility index (Phi) is 7.11. The molecule has 3 rings (SSSR count). The Bertz CT molecular complexity index is 1140. The molecule has 0 aliphatic carbocycles. The largest absolute Gasteiger partial charge is 0.351 e. The second-order valence-corrected chi connectivity index (χ2v) is 7.27. The van der Waals surface area contributed by atoms with Gasteiger partial charge < -0.3 is 9.88 Å². The molecule has 31 heavy (non-hydrogen) atoms. The van der Waals surface area contributed by atoms with Gasteiger partial charge in [0, 0.05) is 13.5 Å². The molecule has 1 heterocycles. The van der Waals surface area contributed by atoms with E-state index < -0.39 is 17.6 Å². The van der Waals surface area contributed by atoms with Crippen molar-refractivity contribution in [3.8, 4) is 0 Å². The van der Waals surface area contributed by atoms with Gasteiger partial charge >= 0.3 is 0 Å². The van der Waals surface area contributed by atoms with Crippen LogP contribution in [0.5, 0.6) is 0 Å². The summed E-state index contributed by atoms with van der Waals surface area (Å²) < 4.78 is 16.9. The number of aromatic nitrogens is 2. The van der Waals surface area contributed by atoms with Crippen molar-refractivity contribution in [3.05, 3.63) is 47.0 Å². The highest BCUT2D eigenvalue weighted by Crippen LogP contribution is 2.32. The third-order valence-electron chi connectivity index (χ3n) is 4.53. The minimum absolute atomic E-state index is 0.0146. The summed E-state index contributed by atoms with van der Waals surface area (Å²) in [6, 6.07) is 6.70. The molecule has 3 aromatic rings. The molecule has 162 valence electrons. The van der Waals surface area contributed by atoms with Crippen molar-refractivity contribution in [2.24, 2.45) is 7.05 Å². The highest BCUT2D eigenvalue weighted by Gasteiger charge is 2.22. The van der Waals surface area contributed by atoms with E-state index in [0.717, 1.165) is 5.46 Å². The summed E-state index contributed by atoms with van der Waals surface area (Å²) in [7, 11) is 3.56. The number of imidazole rings is 1. The van der Waals surface area contributed by atoms with E-state index in [9.17, 15) is 9.59 Å². The minimum Gasteiger partial charge on any atom is -0.351 e. The van der Waals surface area contributed by atoms with Crippen LogP contribution in [-0.2, 0) is 16.7 Å². The topological polar surface area (TPSA) is 118 Å². The molecule has 0 atom stereocenters. The predicted molar refractivity (Wildman–Crippen MR) is 116 cm³/mol. The Balaban J connectivity index is 1.87. The normalized spacial score (nSPS) is 10.8. The van der Waals surface area contributed by atoms with Crippen molar-refractivity contribution in [1.29, 1.82) is 0 Å². The number of rotatable bonds is 8. The Morgan fingerprint density at radius 1 is 1.35 bits per heavy atom. The second-order valence-electron chi connectivity index (χ2n) is 6.86. The van der Waals surface area contributed by atoms with Crippen molar-refractivity contribution < 1.29 is 24.0 Å². The number of carbonyl (C=O) groups is 2. The van der Waals surface area contributed by atoms with Gasteiger partial charge in [0.25, 0.3) is 5.91 Å². The first-order valence-corrected chi connectivity index (χ1v) is 9.71. The van der Waals surface area contributed by atoms with Gasteiger partial charge in [-0.2, -0.15) is 0 Å². The maximum atomic E-state index is 15.3. The number of amides is 2. The third kappa shape index (κ3) is 5.13. The molecule has 0 spiro atoms. The number of anilines is 2. The van der Waals surface area contributed by atoms with Gasteiger partial charge in [-0.1, -0.05) is 23.1 Å². The average Bonchev–Trinajstić information content (AvgIpc) is 3.11. The van der Waals surface area contributed by atoms with Crippen molar-refractivity contribution >= 4 is 59.1 Å². The number of carbonyl (C=O) groups excluding carboxylic acids is 2. The van der Waals surface area contributed by atoms with Crippen LogP contribution in [0.15, 0.2) is 30.6 Å². The molecular weight excluding hydrogens is 428 g/mol. The van der Waals surface area contributed by atoms with Gasteiger partial charge in [0.1, 0.15) is 13.4 Å². The molecule has 0 bridgehead atoms. The third-order valence-corrected chi connectivity index (χ3v) is 4.84. The van der Waals surface area contributed by atoms with Crippen molar-refractivity contribution in [1.82, 2.24) is 20.5 Å². The summed E-state index contributed by atoms with van der Waals surface area (Å²) in [5.74, 6) is -1.97. The van der Waals surface area contributed by atoms with E-state index in [2.05, 4.69) is 15.8 Å². The molecule has 2 amide bonds. The van der Waals surface area contributed by atoms with E-state index >= 15 is 4.39 Å². The number of hydroxylamine groups is 2. The fourth-order valence-electron chi connectivity index (χ4n) is 2.91. The number of hydrogen-bond donors (Lipinski definition) is 4. The predicted octanol–water partition coefficient (Wildman–Crippen LogP) is 1.31. The summed E-state index contributed by atoms with van der Waals surface area (Å²) in [6.07, 6.45) is 1.72. The van der Waals surface area contributed by atoms with Gasteiger partial charge in [-0.25, -0.2) is 20.3 Å². The van der Waals surface area contributed by atoms with Crippen molar-refractivity contribution in [2.45, 2.75) is 12.8 Å². The van der Waals surface area contributed by atoms with Gasteiger partial charge in [-0.15, -0.1) is 0 Å². The average molecular weight is 448 g/mol. The molecule has 0 saturated heterocycles. The maximum Gasteiger partial charge on any atom is 0.277 e. The molecule has 4 N–H and O–H groups in total. The fourth-order valence-corrected chi connectivity index (χ4v) is 3.20. The fraction of sp³-hybridized carbons (Fsp3) is 0.211. The number of fused-ring (bicyclic) bond motifs is 1. The van der Waals surface area contributed by atoms with Gasteiger partial charge in [0.15, 0.2) is 5.82 Å². The molecule has 12 heteroatoms. The minimum atomic E-state index is -0.709. The van der Waals surface area contributed by atoms with E-state index in [-0.39, 0.29) is 36.2 Å². The lowest BCUT2D eigenvalue weighted by atomic mass is 9.96. The molecule has 0 aliphatic rings. The molecule has 9 nitrogen and oxygen atoms in total. The Morgan fingerprint density at radius 3 is 2.84 bits per heavy atom. The van der Waals surface area contributed by atoms with Gasteiger partial charge in [-0.3, -0.25) is 19.6 Å². The SMILES string of the molecule is Bc1ccc(Nc2c(C(=O)NOCCCC(=O)NO)cc3c(ncn3C)c2F)c(Cl)c1. The highest BCUT2D eigenvalue weighted by molar-refractivity contribution is 6.37. The zero-order valence-electron chi connectivity index (χ0n) is 16.8. The summed E-state index contributed by atoms with van der Waals surface area (Å²) in [4.78, 5) is 32.9. The Morgan fingerprint density at radius 2 is 2.13 bits per heavy atom. The summed E-state index contributed by atoms with van der Waals surface area (Å²) >= 11 is 6.26. The van der Waals surface area contributed by atoms with Crippen LogP contribution in [-0.4, -0.2) is 41.0 Å². The van der Waals surface area contributed by atoms with Crippen LogP contribution in [0.1, 0.15) is 23.2 Å². The Hall–Kier alpha value is -3.15. The number of halogens is 2. The van der Waals surface area contributed by atoms with Gasteiger partial charge in [0.05, 0.1) is 40.4 Å². The molecule has 0 saturated carbocycles. The summed E-state index contributed by atoms with van der Waals surface area (Å²) in [6.45, 7) is 0.0160. The lowest BCUT2D eigenvalue weighted by Crippen LogP contribution is -2.26. The van der Waals surface area contributed by atoms with Crippen LogP contribution in [0.4, 0.5) is 15.8 Å². The molecule has 0 unspecified atom stereocenters. The molecule has 0 radical (unpaired) electrons. The van der Waals surface area contributed by atoms with E-state index in [1.54, 1.807) is 29.8 Å². The van der Waals surface area contributed by atoms with Gasteiger partial charge in [-0.05, 0) is 24.6 Å². The first kappa shape index (κ1) is 22.5. The number of aryl methyl sites for hydroxylation is 1.